The van der Waals surface area contributed by atoms with Crippen molar-refractivity contribution in [2.75, 3.05) is 11.4 Å². The third-order valence-corrected chi connectivity index (χ3v) is 3.85. The number of fused-ring (bicyclic) bond motifs is 1. The van der Waals surface area contributed by atoms with Crippen LogP contribution in [0.3, 0.4) is 0 Å². The van der Waals surface area contributed by atoms with Crippen LogP contribution in [-0.4, -0.2) is 34.5 Å². The van der Waals surface area contributed by atoms with Crippen molar-refractivity contribution in [2.24, 2.45) is 0 Å². The summed E-state index contributed by atoms with van der Waals surface area (Å²) in [5, 5.41) is 3.58. The second-order valence-corrected chi connectivity index (χ2v) is 5.29. The summed E-state index contributed by atoms with van der Waals surface area (Å²) in [6.07, 6.45) is 7.65. The van der Waals surface area contributed by atoms with Gasteiger partial charge in [0.15, 0.2) is 0 Å². The summed E-state index contributed by atoms with van der Waals surface area (Å²) in [5.41, 5.74) is 0. The largest absolute Gasteiger partial charge is 0.350 e. The van der Waals surface area contributed by atoms with Crippen molar-refractivity contribution >= 4 is 23.5 Å². The van der Waals surface area contributed by atoms with E-state index in [1.54, 1.807) is 12.4 Å². The Labute approximate surface area is 111 Å². The van der Waals surface area contributed by atoms with E-state index in [4.69, 9.17) is 11.6 Å². The highest BCUT2D eigenvalue weighted by Crippen LogP contribution is 2.28. The Bertz CT molecular complexity index is 450. The van der Waals surface area contributed by atoms with Crippen LogP contribution in [0.2, 0.25) is 5.02 Å². The fraction of sp³-hybridized carbons (Fsp3) is 0.583. The third-order valence-electron chi connectivity index (χ3n) is 3.65. The molecule has 0 unspecified atom stereocenters. The maximum atomic E-state index is 11.7. The van der Waals surface area contributed by atoms with Crippen LogP contribution >= 0.6 is 11.6 Å². The molecule has 1 saturated carbocycles. The van der Waals surface area contributed by atoms with Crippen molar-refractivity contribution in [3.8, 4) is 0 Å². The molecule has 0 aromatic carbocycles. The first-order chi connectivity index (χ1) is 8.74. The average molecular weight is 267 g/mol. The molecule has 1 aliphatic heterocycles. The molecule has 3 rings (SSSR count). The van der Waals surface area contributed by atoms with Crippen LogP contribution in [0.4, 0.5) is 5.95 Å². The van der Waals surface area contributed by atoms with Gasteiger partial charge in [-0.25, -0.2) is 9.97 Å². The molecule has 2 aliphatic rings. The second-order valence-electron chi connectivity index (χ2n) is 4.85. The zero-order chi connectivity index (χ0) is 12.5. The predicted octanol–water partition coefficient (Wildman–Crippen LogP) is 1.38. The standard InChI is InChI=1S/C12H15ClN4O/c13-8-5-14-12(15-6-8)17-7-11(18)16-9-3-1-2-4-10(9)17/h5-6,9-10H,1-4,7H2,(H,16,18)/t9-,10+/m0/s1. The lowest BCUT2D eigenvalue weighted by atomic mass is 9.87. The molecule has 1 aliphatic carbocycles. The van der Waals surface area contributed by atoms with Gasteiger partial charge in [-0.3, -0.25) is 4.79 Å². The van der Waals surface area contributed by atoms with Crippen molar-refractivity contribution in [2.45, 2.75) is 37.8 Å². The molecule has 96 valence electrons. The molecule has 1 saturated heterocycles. The highest BCUT2D eigenvalue weighted by atomic mass is 35.5. The zero-order valence-corrected chi connectivity index (χ0v) is 10.7. The molecule has 0 radical (unpaired) electrons. The Morgan fingerprint density at radius 3 is 2.78 bits per heavy atom. The van der Waals surface area contributed by atoms with Crippen LogP contribution in [0.5, 0.6) is 0 Å². The average Bonchev–Trinajstić information content (AvgIpc) is 2.38. The Kier molecular flexibility index (Phi) is 3.07. The molecule has 0 spiro atoms. The van der Waals surface area contributed by atoms with Gasteiger partial charge in [0.25, 0.3) is 0 Å². The van der Waals surface area contributed by atoms with Gasteiger partial charge in [0.2, 0.25) is 11.9 Å². The summed E-state index contributed by atoms with van der Waals surface area (Å²) in [5.74, 6) is 0.655. The summed E-state index contributed by atoms with van der Waals surface area (Å²) in [6.45, 7) is 0.336. The van der Waals surface area contributed by atoms with E-state index >= 15 is 0 Å². The van der Waals surface area contributed by atoms with Crippen molar-refractivity contribution in [3.05, 3.63) is 17.4 Å². The summed E-state index contributed by atoms with van der Waals surface area (Å²) >= 11 is 5.79. The predicted molar refractivity (Wildman–Crippen MR) is 68.6 cm³/mol. The zero-order valence-electron chi connectivity index (χ0n) is 9.97. The van der Waals surface area contributed by atoms with Crippen LogP contribution < -0.4 is 10.2 Å². The minimum absolute atomic E-state index is 0.0525. The summed E-state index contributed by atoms with van der Waals surface area (Å²) in [6, 6.07) is 0.553. The second kappa shape index (κ2) is 4.72. The molecular formula is C12H15ClN4O. The van der Waals surface area contributed by atoms with Crippen LogP contribution in [0, 0.1) is 0 Å². The van der Waals surface area contributed by atoms with Gasteiger partial charge in [-0.1, -0.05) is 24.4 Å². The SMILES string of the molecule is O=C1CN(c2ncc(Cl)cn2)[C@@H]2CCCC[C@@H]2N1. The molecule has 1 amide bonds. The van der Waals surface area contributed by atoms with Crippen LogP contribution in [0.25, 0.3) is 0 Å². The Balaban J connectivity index is 1.88. The van der Waals surface area contributed by atoms with Gasteiger partial charge < -0.3 is 10.2 Å². The molecule has 6 heteroatoms. The minimum Gasteiger partial charge on any atom is -0.350 e. The molecule has 18 heavy (non-hydrogen) atoms. The van der Waals surface area contributed by atoms with E-state index in [1.807, 2.05) is 4.90 Å². The maximum absolute atomic E-state index is 11.7. The monoisotopic (exact) mass is 266 g/mol. The number of carbonyl (C=O) groups excluding carboxylic acids is 1. The van der Waals surface area contributed by atoms with Crippen molar-refractivity contribution in [3.63, 3.8) is 0 Å². The Morgan fingerprint density at radius 1 is 1.28 bits per heavy atom. The number of aromatic nitrogens is 2. The van der Waals surface area contributed by atoms with Gasteiger partial charge in [-0.05, 0) is 12.8 Å². The van der Waals surface area contributed by atoms with Crippen LogP contribution in [0.1, 0.15) is 25.7 Å². The molecule has 2 fully saturated rings. The molecule has 1 aromatic heterocycles. The number of piperazine rings is 1. The number of hydrogen-bond acceptors (Lipinski definition) is 4. The maximum Gasteiger partial charge on any atom is 0.239 e. The lowest BCUT2D eigenvalue weighted by Gasteiger charge is -2.43. The number of amides is 1. The highest BCUT2D eigenvalue weighted by molar-refractivity contribution is 6.30. The molecule has 2 atom stereocenters. The minimum atomic E-state index is 0.0525. The molecule has 0 bridgehead atoms. The summed E-state index contributed by atoms with van der Waals surface area (Å²) in [4.78, 5) is 22.2. The van der Waals surface area contributed by atoms with Crippen LogP contribution in [0.15, 0.2) is 12.4 Å². The normalized spacial score (nSPS) is 27.6. The Hall–Kier alpha value is -1.36. The lowest BCUT2D eigenvalue weighted by Crippen LogP contribution is -2.62. The molecule has 1 N–H and O–H groups in total. The van der Waals surface area contributed by atoms with E-state index < -0.39 is 0 Å². The smallest absolute Gasteiger partial charge is 0.239 e. The number of nitrogens with one attached hydrogen (secondary N) is 1. The van der Waals surface area contributed by atoms with Gasteiger partial charge in [0, 0.05) is 6.04 Å². The van der Waals surface area contributed by atoms with Gasteiger partial charge >= 0.3 is 0 Å². The van der Waals surface area contributed by atoms with E-state index in [-0.39, 0.29) is 11.9 Å². The number of anilines is 1. The van der Waals surface area contributed by atoms with Gasteiger partial charge in [-0.15, -0.1) is 0 Å². The van der Waals surface area contributed by atoms with Gasteiger partial charge in [0.1, 0.15) is 6.54 Å². The number of nitrogens with zero attached hydrogens (tertiary/aromatic N) is 3. The van der Waals surface area contributed by atoms with E-state index in [0.717, 1.165) is 12.8 Å². The first-order valence-corrected chi connectivity index (χ1v) is 6.65. The van der Waals surface area contributed by atoms with Crippen molar-refractivity contribution in [1.82, 2.24) is 15.3 Å². The summed E-state index contributed by atoms with van der Waals surface area (Å²) < 4.78 is 0. The first-order valence-electron chi connectivity index (χ1n) is 6.27. The molecule has 2 heterocycles. The fourth-order valence-electron chi connectivity index (χ4n) is 2.85. The molecule has 5 nitrogen and oxygen atoms in total. The third kappa shape index (κ3) is 2.14. The van der Waals surface area contributed by atoms with E-state index in [0.29, 0.717) is 23.6 Å². The number of rotatable bonds is 1. The fourth-order valence-corrected chi connectivity index (χ4v) is 2.95. The van der Waals surface area contributed by atoms with E-state index in [1.165, 1.54) is 12.8 Å². The summed E-state index contributed by atoms with van der Waals surface area (Å²) in [7, 11) is 0. The van der Waals surface area contributed by atoms with Crippen molar-refractivity contribution < 1.29 is 4.79 Å². The first kappa shape index (κ1) is 11.7. The quantitative estimate of drug-likeness (QED) is 0.834. The lowest BCUT2D eigenvalue weighted by molar-refractivity contribution is -0.122. The van der Waals surface area contributed by atoms with Crippen molar-refractivity contribution in [1.29, 1.82) is 0 Å². The van der Waals surface area contributed by atoms with E-state index in [2.05, 4.69) is 15.3 Å². The molecular weight excluding hydrogens is 252 g/mol. The Morgan fingerprint density at radius 2 is 2.00 bits per heavy atom. The van der Waals surface area contributed by atoms with Gasteiger partial charge in [-0.2, -0.15) is 0 Å². The number of halogens is 1. The highest BCUT2D eigenvalue weighted by Gasteiger charge is 2.37. The molecule has 1 aromatic rings. The van der Waals surface area contributed by atoms with Crippen LogP contribution in [-0.2, 0) is 4.79 Å². The van der Waals surface area contributed by atoms with E-state index in [9.17, 15) is 4.79 Å². The topological polar surface area (TPSA) is 58.1 Å². The van der Waals surface area contributed by atoms with Gasteiger partial charge in [0.05, 0.1) is 23.5 Å². The number of hydrogen-bond donors (Lipinski definition) is 1. The number of carbonyl (C=O) groups is 1.